The fourth-order valence-electron chi connectivity index (χ4n) is 2.40. The molecule has 20 heavy (non-hydrogen) atoms. The number of carbonyl (C=O) groups is 2. The van der Waals surface area contributed by atoms with Gasteiger partial charge in [0.1, 0.15) is 17.0 Å². The van der Waals surface area contributed by atoms with Crippen molar-refractivity contribution in [2.75, 3.05) is 6.54 Å². The molecule has 2 aliphatic rings. The fraction of sp³-hybridized carbons (Fsp3) is 0.786. The number of aliphatic imine (C=N–C) groups is 1. The second-order valence-corrected chi connectivity index (χ2v) is 6.84. The SMILES string of the molecule is CC(C)(C)OC(=O)N1CCCC1C1=NC(C)(C)C(=O)N1. The molecule has 2 amide bonds. The van der Waals surface area contributed by atoms with Crippen LogP contribution >= 0.6 is 0 Å². The Hall–Kier alpha value is -1.59. The summed E-state index contributed by atoms with van der Waals surface area (Å²) in [6, 6.07) is -0.185. The number of amides is 2. The lowest BCUT2D eigenvalue weighted by molar-refractivity contribution is -0.122. The Balaban J connectivity index is 2.13. The summed E-state index contributed by atoms with van der Waals surface area (Å²) in [5.41, 5.74) is -1.28. The van der Waals surface area contributed by atoms with Crippen molar-refractivity contribution in [3.8, 4) is 0 Å². The molecule has 0 aliphatic carbocycles. The summed E-state index contributed by atoms with van der Waals surface area (Å²) in [5.74, 6) is 0.465. The second kappa shape index (κ2) is 4.75. The van der Waals surface area contributed by atoms with E-state index in [1.807, 2.05) is 20.8 Å². The van der Waals surface area contributed by atoms with Crippen LogP contribution in [-0.2, 0) is 9.53 Å². The molecule has 0 aromatic rings. The van der Waals surface area contributed by atoms with Crippen LogP contribution in [0.2, 0.25) is 0 Å². The molecular weight excluding hydrogens is 258 g/mol. The number of hydrogen-bond acceptors (Lipinski definition) is 4. The van der Waals surface area contributed by atoms with Gasteiger partial charge in [0.25, 0.3) is 5.91 Å². The maximum atomic E-state index is 12.2. The highest BCUT2D eigenvalue weighted by molar-refractivity contribution is 6.10. The number of amidine groups is 1. The first-order valence-electron chi connectivity index (χ1n) is 7.01. The molecule has 112 valence electrons. The van der Waals surface area contributed by atoms with Gasteiger partial charge in [0, 0.05) is 6.54 Å². The van der Waals surface area contributed by atoms with E-state index in [4.69, 9.17) is 4.74 Å². The minimum Gasteiger partial charge on any atom is -0.444 e. The monoisotopic (exact) mass is 281 g/mol. The van der Waals surface area contributed by atoms with E-state index in [0.29, 0.717) is 12.4 Å². The second-order valence-electron chi connectivity index (χ2n) is 6.84. The predicted octanol–water partition coefficient (Wildman–Crippen LogP) is 1.69. The maximum Gasteiger partial charge on any atom is 0.410 e. The van der Waals surface area contributed by atoms with Crippen molar-refractivity contribution >= 4 is 17.8 Å². The van der Waals surface area contributed by atoms with Gasteiger partial charge in [-0.3, -0.25) is 14.7 Å². The lowest BCUT2D eigenvalue weighted by atomic mass is 10.1. The van der Waals surface area contributed by atoms with E-state index < -0.39 is 11.1 Å². The van der Waals surface area contributed by atoms with Crippen LogP contribution in [0.5, 0.6) is 0 Å². The first kappa shape index (κ1) is 14.8. The number of rotatable bonds is 1. The van der Waals surface area contributed by atoms with Gasteiger partial charge in [-0.1, -0.05) is 0 Å². The Morgan fingerprint density at radius 2 is 2.10 bits per heavy atom. The molecule has 2 rings (SSSR count). The van der Waals surface area contributed by atoms with Crippen LogP contribution in [0.1, 0.15) is 47.5 Å². The molecular formula is C14H23N3O3. The van der Waals surface area contributed by atoms with Crippen LogP contribution in [-0.4, -0.2) is 46.5 Å². The summed E-state index contributed by atoms with van der Waals surface area (Å²) in [5, 5.41) is 2.80. The summed E-state index contributed by atoms with van der Waals surface area (Å²) >= 11 is 0. The number of likely N-dealkylation sites (tertiary alicyclic amines) is 1. The summed E-state index contributed by atoms with van der Waals surface area (Å²) in [6.07, 6.45) is 1.34. The molecule has 1 fully saturated rings. The Bertz CT molecular complexity index is 463. The van der Waals surface area contributed by atoms with Crippen molar-refractivity contribution in [3.63, 3.8) is 0 Å². The Morgan fingerprint density at radius 3 is 2.60 bits per heavy atom. The van der Waals surface area contributed by atoms with Gasteiger partial charge in [0.2, 0.25) is 0 Å². The third kappa shape index (κ3) is 2.94. The Kier molecular flexibility index (Phi) is 3.52. The van der Waals surface area contributed by atoms with Gasteiger partial charge in [-0.05, 0) is 47.5 Å². The van der Waals surface area contributed by atoms with Gasteiger partial charge in [-0.2, -0.15) is 0 Å². The molecule has 0 saturated carbocycles. The van der Waals surface area contributed by atoms with Crippen molar-refractivity contribution in [3.05, 3.63) is 0 Å². The molecule has 0 radical (unpaired) electrons. The van der Waals surface area contributed by atoms with Crippen LogP contribution in [0, 0.1) is 0 Å². The van der Waals surface area contributed by atoms with Gasteiger partial charge < -0.3 is 10.1 Å². The zero-order valence-corrected chi connectivity index (χ0v) is 12.8. The summed E-state index contributed by atoms with van der Waals surface area (Å²) in [6.45, 7) is 9.69. The largest absolute Gasteiger partial charge is 0.444 e. The zero-order chi connectivity index (χ0) is 15.1. The quantitative estimate of drug-likeness (QED) is 0.795. The van der Waals surface area contributed by atoms with Gasteiger partial charge >= 0.3 is 6.09 Å². The highest BCUT2D eigenvalue weighted by Crippen LogP contribution is 2.25. The summed E-state index contributed by atoms with van der Waals surface area (Å²) in [4.78, 5) is 30.1. The Morgan fingerprint density at radius 1 is 1.45 bits per heavy atom. The van der Waals surface area contributed by atoms with Crippen LogP contribution in [0.25, 0.3) is 0 Å². The minimum atomic E-state index is -0.752. The summed E-state index contributed by atoms with van der Waals surface area (Å²) < 4.78 is 5.41. The smallest absolute Gasteiger partial charge is 0.410 e. The number of nitrogens with one attached hydrogen (secondary N) is 1. The van der Waals surface area contributed by atoms with Crippen molar-refractivity contribution in [2.45, 2.75) is 64.6 Å². The van der Waals surface area contributed by atoms with E-state index in [-0.39, 0.29) is 18.0 Å². The van der Waals surface area contributed by atoms with Gasteiger partial charge in [0.05, 0.1) is 6.04 Å². The lowest BCUT2D eigenvalue weighted by Gasteiger charge is -2.28. The van der Waals surface area contributed by atoms with Crippen LogP contribution in [0.4, 0.5) is 4.79 Å². The van der Waals surface area contributed by atoms with Gasteiger partial charge in [0.15, 0.2) is 0 Å². The molecule has 2 heterocycles. The fourth-order valence-corrected chi connectivity index (χ4v) is 2.40. The summed E-state index contributed by atoms with van der Waals surface area (Å²) in [7, 11) is 0. The highest BCUT2D eigenvalue weighted by atomic mass is 16.6. The first-order valence-corrected chi connectivity index (χ1v) is 7.01. The Labute approximate surface area is 119 Å². The average molecular weight is 281 g/mol. The van der Waals surface area contributed by atoms with Gasteiger partial charge in [-0.25, -0.2) is 4.79 Å². The van der Waals surface area contributed by atoms with Crippen LogP contribution in [0.15, 0.2) is 4.99 Å². The standard InChI is InChI=1S/C14H23N3O3/c1-13(2,3)20-12(19)17-8-6-7-9(17)10-15-11(18)14(4,5)16-10/h9H,6-8H2,1-5H3,(H,15,16,18). The van der Waals surface area contributed by atoms with E-state index >= 15 is 0 Å². The number of nitrogens with zero attached hydrogens (tertiary/aromatic N) is 2. The van der Waals surface area contributed by atoms with Crippen LogP contribution in [0.3, 0.4) is 0 Å². The van der Waals surface area contributed by atoms with E-state index in [0.717, 1.165) is 12.8 Å². The van der Waals surface area contributed by atoms with E-state index in [2.05, 4.69) is 10.3 Å². The molecule has 1 saturated heterocycles. The first-order chi connectivity index (χ1) is 9.10. The van der Waals surface area contributed by atoms with Crippen molar-refractivity contribution in [2.24, 2.45) is 4.99 Å². The molecule has 1 N–H and O–H groups in total. The molecule has 0 spiro atoms. The minimum absolute atomic E-state index is 0.122. The molecule has 2 aliphatic heterocycles. The number of carbonyl (C=O) groups excluding carboxylic acids is 2. The lowest BCUT2D eigenvalue weighted by Crippen LogP contribution is -2.47. The molecule has 1 unspecified atom stereocenters. The topological polar surface area (TPSA) is 71.0 Å². The molecule has 6 heteroatoms. The zero-order valence-electron chi connectivity index (χ0n) is 12.8. The molecule has 0 aromatic carbocycles. The van der Waals surface area contributed by atoms with Gasteiger partial charge in [-0.15, -0.1) is 0 Å². The normalized spacial score (nSPS) is 25.4. The highest BCUT2D eigenvalue weighted by Gasteiger charge is 2.42. The van der Waals surface area contributed by atoms with E-state index in [1.54, 1.807) is 18.7 Å². The molecule has 6 nitrogen and oxygen atoms in total. The van der Waals surface area contributed by atoms with E-state index in [1.165, 1.54) is 0 Å². The van der Waals surface area contributed by atoms with E-state index in [9.17, 15) is 9.59 Å². The molecule has 0 aromatic heterocycles. The maximum absolute atomic E-state index is 12.2. The van der Waals surface area contributed by atoms with Crippen molar-refractivity contribution < 1.29 is 14.3 Å². The molecule has 0 bridgehead atoms. The number of hydrogen-bond donors (Lipinski definition) is 1. The predicted molar refractivity (Wildman–Crippen MR) is 75.6 cm³/mol. The third-order valence-corrected chi connectivity index (χ3v) is 3.39. The number of ether oxygens (including phenoxy) is 1. The molecule has 1 atom stereocenters. The average Bonchev–Trinajstić information content (AvgIpc) is 2.81. The van der Waals surface area contributed by atoms with Crippen molar-refractivity contribution in [1.29, 1.82) is 0 Å². The van der Waals surface area contributed by atoms with Crippen LogP contribution < -0.4 is 5.32 Å². The third-order valence-electron chi connectivity index (χ3n) is 3.39. The van der Waals surface area contributed by atoms with Crippen molar-refractivity contribution in [1.82, 2.24) is 10.2 Å².